The van der Waals surface area contributed by atoms with E-state index in [1.807, 2.05) is 19.4 Å². The van der Waals surface area contributed by atoms with E-state index in [0.717, 1.165) is 5.69 Å². The molecule has 0 saturated carbocycles. The van der Waals surface area contributed by atoms with E-state index < -0.39 is 18.0 Å². The van der Waals surface area contributed by atoms with E-state index in [1.165, 1.54) is 28.2 Å². The number of aliphatic hydroxyl groups excluding tert-OH is 1. The number of β-lactam (4-membered cyclic amide) rings is 1. The third kappa shape index (κ3) is 2.56. The van der Waals surface area contributed by atoms with Gasteiger partial charge in [0.2, 0.25) is 5.91 Å². The molecule has 2 aliphatic rings. The Labute approximate surface area is 141 Å². The van der Waals surface area contributed by atoms with Gasteiger partial charge in [0.05, 0.1) is 23.4 Å². The highest BCUT2D eigenvalue weighted by molar-refractivity contribution is 8.02. The number of thioether (sulfide) groups is 1. The van der Waals surface area contributed by atoms with Gasteiger partial charge in [0.15, 0.2) is 18.6 Å². The number of carboxylic acids is 1. The van der Waals surface area contributed by atoms with E-state index in [-0.39, 0.29) is 23.6 Å². The standard InChI is InChI=1S/C14H17N3O4S2/c1-6-10-9(7(2)18)13(19)17(10)11(14(20)21)12(6)22-4-8-5-23-16(3)15-8/h5-7,9-10,18H,4H2,1-3H3/p+1/t6-,7-,9+,10?/m1/s1. The van der Waals surface area contributed by atoms with Gasteiger partial charge in [0, 0.05) is 21.7 Å². The maximum atomic E-state index is 12.2. The van der Waals surface area contributed by atoms with Crippen molar-refractivity contribution in [2.45, 2.75) is 31.7 Å². The van der Waals surface area contributed by atoms with Crippen LogP contribution in [0.1, 0.15) is 19.5 Å². The molecule has 0 radical (unpaired) electrons. The van der Waals surface area contributed by atoms with Crippen LogP contribution in [0.2, 0.25) is 0 Å². The number of aryl methyl sites for hydroxylation is 1. The molecule has 2 N–H and O–H groups in total. The molecule has 1 amide bonds. The maximum Gasteiger partial charge on any atom is 0.353 e. The monoisotopic (exact) mass is 356 g/mol. The number of hydrogen-bond acceptors (Lipinski definition) is 6. The molecule has 9 heteroatoms. The van der Waals surface area contributed by atoms with Crippen LogP contribution >= 0.6 is 23.3 Å². The minimum Gasteiger partial charge on any atom is -0.477 e. The first-order valence-electron chi connectivity index (χ1n) is 7.25. The summed E-state index contributed by atoms with van der Waals surface area (Å²) in [6.07, 6.45) is -0.775. The van der Waals surface area contributed by atoms with Crippen molar-refractivity contribution < 1.29 is 23.9 Å². The van der Waals surface area contributed by atoms with Gasteiger partial charge in [-0.05, 0) is 11.0 Å². The summed E-state index contributed by atoms with van der Waals surface area (Å²) < 4.78 is 1.74. The van der Waals surface area contributed by atoms with Crippen LogP contribution in [-0.4, -0.2) is 44.2 Å². The first-order valence-corrected chi connectivity index (χ1v) is 9.07. The van der Waals surface area contributed by atoms with Crippen molar-refractivity contribution in [3.8, 4) is 0 Å². The van der Waals surface area contributed by atoms with Gasteiger partial charge in [-0.15, -0.1) is 11.8 Å². The molecule has 23 heavy (non-hydrogen) atoms. The molecule has 1 unspecified atom stereocenters. The van der Waals surface area contributed by atoms with Gasteiger partial charge in [0.25, 0.3) is 0 Å². The molecule has 3 heterocycles. The third-order valence-electron chi connectivity index (χ3n) is 4.30. The summed E-state index contributed by atoms with van der Waals surface area (Å²) in [6, 6.07) is -0.261. The molecule has 2 aliphatic heterocycles. The molecule has 1 aromatic rings. The first kappa shape index (κ1) is 16.4. The Morgan fingerprint density at radius 3 is 2.83 bits per heavy atom. The van der Waals surface area contributed by atoms with E-state index in [1.54, 1.807) is 11.0 Å². The fourth-order valence-electron chi connectivity index (χ4n) is 3.30. The van der Waals surface area contributed by atoms with Gasteiger partial charge in [0.1, 0.15) is 11.4 Å². The summed E-state index contributed by atoms with van der Waals surface area (Å²) in [6.45, 7) is 3.49. The number of carbonyl (C=O) groups is 2. The number of amides is 1. The zero-order valence-electron chi connectivity index (χ0n) is 13.0. The average molecular weight is 356 g/mol. The van der Waals surface area contributed by atoms with Gasteiger partial charge >= 0.3 is 5.97 Å². The summed E-state index contributed by atoms with van der Waals surface area (Å²) >= 11 is 2.89. The zero-order chi connectivity index (χ0) is 16.9. The largest absolute Gasteiger partial charge is 0.477 e. The van der Waals surface area contributed by atoms with Crippen LogP contribution in [0.5, 0.6) is 0 Å². The quantitative estimate of drug-likeness (QED) is 0.584. The van der Waals surface area contributed by atoms with E-state index in [2.05, 4.69) is 5.10 Å². The van der Waals surface area contributed by atoms with E-state index in [4.69, 9.17) is 0 Å². The number of hydrogen-bond donors (Lipinski definition) is 2. The Hall–Kier alpha value is -1.45. The molecule has 4 atom stereocenters. The smallest absolute Gasteiger partial charge is 0.353 e. The molecule has 124 valence electrons. The summed E-state index contributed by atoms with van der Waals surface area (Å²) in [5.74, 6) is -1.46. The Morgan fingerprint density at radius 2 is 2.30 bits per heavy atom. The van der Waals surface area contributed by atoms with Crippen molar-refractivity contribution in [3.05, 3.63) is 21.7 Å². The van der Waals surface area contributed by atoms with Crippen LogP contribution in [0.15, 0.2) is 16.0 Å². The molecule has 1 aromatic heterocycles. The highest BCUT2D eigenvalue weighted by atomic mass is 32.2. The fourth-order valence-corrected chi connectivity index (χ4v) is 5.13. The topological polar surface area (TPSA) is 94.6 Å². The van der Waals surface area contributed by atoms with Crippen molar-refractivity contribution in [1.29, 1.82) is 0 Å². The molecular formula is C14H18N3O4S2+. The van der Waals surface area contributed by atoms with Crippen LogP contribution in [0, 0.1) is 11.8 Å². The van der Waals surface area contributed by atoms with Crippen molar-refractivity contribution in [3.63, 3.8) is 0 Å². The molecule has 0 aliphatic carbocycles. The summed E-state index contributed by atoms with van der Waals surface area (Å²) in [5, 5.41) is 25.5. The molecule has 0 spiro atoms. The lowest BCUT2D eigenvalue weighted by Crippen LogP contribution is -2.63. The van der Waals surface area contributed by atoms with Crippen LogP contribution in [-0.2, 0) is 22.4 Å². The van der Waals surface area contributed by atoms with Gasteiger partial charge < -0.3 is 15.1 Å². The van der Waals surface area contributed by atoms with Crippen molar-refractivity contribution >= 4 is 35.2 Å². The minimum absolute atomic E-state index is 0.0639. The van der Waals surface area contributed by atoms with Crippen molar-refractivity contribution in [2.24, 2.45) is 18.9 Å². The Balaban J connectivity index is 1.85. The highest BCUT2D eigenvalue weighted by Gasteiger charge is 2.59. The fraction of sp³-hybridized carbons (Fsp3) is 0.571. The summed E-state index contributed by atoms with van der Waals surface area (Å²) in [7, 11) is 1.84. The number of nitrogens with zero attached hydrogens (tertiary/aromatic N) is 3. The molecule has 3 rings (SSSR count). The molecule has 1 saturated heterocycles. The molecule has 0 aromatic carbocycles. The molecule has 0 bridgehead atoms. The predicted molar refractivity (Wildman–Crippen MR) is 84.2 cm³/mol. The van der Waals surface area contributed by atoms with Gasteiger partial charge in [-0.25, -0.2) is 4.79 Å². The van der Waals surface area contributed by atoms with E-state index in [9.17, 15) is 19.8 Å². The van der Waals surface area contributed by atoms with Crippen LogP contribution < -0.4 is 4.07 Å². The minimum atomic E-state index is -1.09. The lowest BCUT2D eigenvalue weighted by atomic mass is 9.79. The molecule has 7 nitrogen and oxygen atoms in total. The van der Waals surface area contributed by atoms with Crippen LogP contribution in [0.4, 0.5) is 0 Å². The van der Waals surface area contributed by atoms with Gasteiger partial charge in [-0.2, -0.15) is 0 Å². The first-order chi connectivity index (χ1) is 10.8. The highest BCUT2D eigenvalue weighted by Crippen LogP contribution is 2.50. The van der Waals surface area contributed by atoms with E-state index in [0.29, 0.717) is 10.7 Å². The van der Waals surface area contributed by atoms with E-state index >= 15 is 0 Å². The molecule has 1 fully saturated rings. The number of rotatable bonds is 5. The zero-order valence-corrected chi connectivity index (χ0v) is 14.6. The van der Waals surface area contributed by atoms with Gasteiger partial charge in [-0.3, -0.25) is 4.79 Å². The summed E-state index contributed by atoms with van der Waals surface area (Å²) in [4.78, 5) is 25.9. The van der Waals surface area contributed by atoms with Crippen molar-refractivity contribution in [2.75, 3.05) is 0 Å². The second-order valence-electron chi connectivity index (χ2n) is 5.84. The lowest BCUT2D eigenvalue weighted by Gasteiger charge is -2.46. The Kier molecular flexibility index (Phi) is 4.19. The molecular weight excluding hydrogens is 338 g/mol. The number of carboxylic acid groups (broad SMARTS) is 1. The number of fused-ring (bicyclic) bond motifs is 1. The predicted octanol–water partition coefficient (Wildman–Crippen LogP) is 0.355. The third-order valence-corrected chi connectivity index (χ3v) is 6.38. The average Bonchev–Trinajstić information content (AvgIpc) is 2.97. The summed E-state index contributed by atoms with van der Waals surface area (Å²) in [5.41, 5.74) is 0.939. The maximum absolute atomic E-state index is 12.2. The number of aliphatic hydroxyl groups is 1. The lowest BCUT2D eigenvalue weighted by molar-refractivity contribution is -0.663. The van der Waals surface area contributed by atoms with Crippen LogP contribution in [0.25, 0.3) is 0 Å². The number of aliphatic carboxylic acids is 1. The second kappa shape index (κ2) is 5.88. The number of aromatic nitrogens is 2. The normalized spacial score (nSPS) is 27.9. The SMILES string of the molecule is C[C@H]1C(SCc2cs[n+](C)n2)=C(C(=O)O)N2C(=O)[C@@H]([C@@H](C)O)C12. The second-order valence-corrected chi connectivity index (χ2v) is 7.83. The van der Waals surface area contributed by atoms with Gasteiger partial charge in [-0.1, -0.05) is 6.92 Å². The van der Waals surface area contributed by atoms with Crippen LogP contribution in [0.3, 0.4) is 0 Å². The number of carbonyl (C=O) groups excluding carboxylic acids is 1. The van der Waals surface area contributed by atoms with Crippen molar-refractivity contribution in [1.82, 2.24) is 10.00 Å². The Morgan fingerprint density at radius 1 is 1.61 bits per heavy atom. The Bertz CT molecular complexity index is 700.